The number of hydrogen-bond donors (Lipinski definition) is 1. The van der Waals surface area contributed by atoms with Gasteiger partial charge in [0.25, 0.3) is 0 Å². The summed E-state index contributed by atoms with van der Waals surface area (Å²) in [5.41, 5.74) is 2.60. The van der Waals surface area contributed by atoms with Crippen molar-refractivity contribution in [1.82, 2.24) is 10.2 Å². The van der Waals surface area contributed by atoms with E-state index in [1.165, 1.54) is 22.9 Å². The second kappa shape index (κ2) is 7.53. The highest BCUT2D eigenvalue weighted by molar-refractivity contribution is 8.00. The molecule has 138 valence electrons. The lowest BCUT2D eigenvalue weighted by Crippen LogP contribution is -2.49. The molecule has 1 aromatic rings. The molecule has 2 saturated heterocycles. The molecule has 0 spiro atoms. The molecule has 4 rings (SSSR count). The van der Waals surface area contributed by atoms with E-state index in [1.807, 2.05) is 17.0 Å². The summed E-state index contributed by atoms with van der Waals surface area (Å²) in [5.74, 6) is 0.738. The Morgan fingerprint density at radius 1 is 1.19 bits per heavy atom. The number of aldehydes is 1. The number of ketones is 1. The Labute approximate surface area is 157 Å². The van der Waals surface area contributed by atoms with Crippen LogP contribution in [0, 0.1) is 5.92 Å². The summed E-state index contributed by atoms with van der Waals surface area (Å²) in [6.45, 7) is 0.657. The molecule has 1 aromatic carbocycles. The molecule has 2 fully saturated rings. The van der Waals surface area contributed by atoms with E-state index in [1.54, 1.807) is 0 Å². The number of likely N-dealkylation sites (tertiary alicyclic amines) is 1. The molecule has 2 unspecified atom stereocenters. The molecule has 0 bridgehead atoms. The third-order valence-corrected chi connectivity index (χ3v) is 7.11. The van der Waals surface area contributed by atoms with Crippen LogP contribution in [0.4, 0.5) is 0 Å². The first-order valence-corrected chi connectivity index (χ1v) is 10.4. The van der Waals surface area contributed by atoms with Crippen molar-refractivity contribution in [3.63, 3.8) is 0 Å². The Hall–Kier alpha value is -1.66. The maximum atomic E-state index is 13.2. The molecule has 6 heteroatoms. The van der Waals surface area contributed by atoms with Gasteiger partial charge in [-0.3, -0.25) is 14.9 Å². The number of benzene rings is 1. The highest BCUT2D eigenvalue weighted by Crippen LogP contribution is 2.32. The molecule has 1 aliphatic carbocycles. The van der Waals surface area contributed by atoms with Crippen LogP contribution >= 0.6 is 11.8 Å². The van der Waals surface area contributed by atoms with Crippen LogP contribution in [0.1, 0.15) is 30.4 Å². The van der Waals surface area contributed by atoms with Crippen molar-refractivity contribution in [2.75, 3.05) is 12.4 Å². The zero-order chi connectivity index (χ0) is 18.1. The zero-order valence-corrected chi connectivity index (χ0v) is 15.5. The van der Waals surface area contributed by atoms with Crippen molar-refractivity contribution in [3.8, 4) is 0 Å². The fourth-order valence-electron chi connectivity index (χ4n) is 4.48. The number of hydrogen-bond acceptors (Lipinski definition) is 5. The maximum Gasteiger partial charge on any atom is 0.226 e. The summed E-state index contributed by atoms with van der Waals surface area (Å²) < 4.78 is 0. The number of thioether (sulfide) groups is 1. The first kappa shape index (κ1) is 17.7. The summed E-state index contributed by atoms with van der Waals surface area (Å²) in [7, 11) is 0. The maximum absolute atomic E-state index is 13.2. The molecule has 2 aliphatic heterocycles. The summed E-state index contributed by atoms with van der Waals surface area (Å²) in [6, 6.07) is 7.54. The van der Waals surface area contributed by atoms with Gasteiger partial charge in [-0.05, 0) is 43.2 Å². The van der Waals surface area contributed by atoms with Gasteiger partial charge in [0.15, 0.2) is 5.78 Å². The lowest BCUT2D eigenvalue weighted by molar-refractivity contribution is -0.141. The van der Waals surface area contributed by atoms with Crippen LogP contribution in [0.15, 0.2) is 24.3 Å². The van der Waals surface area contributed by atoms with Gasteiger partial charge >= 0.3 is 0 Å². The Kier molecular flexibility index (Phi) is 5.14. The minimum Gasteiger partial charge on any atom is -0.332 e. The van der Waals surface area contributed by atoms with Crippen molar-refractivity contribution in [2.24, 2.45) is 5.92 Å². The Balaban J connectivity index is 1.47. The van der Waals surface area contributed by atoms with Crippen LogP contribution in [-0.4, -0.2) is 52.6 Å². The highest BCUT2D eigenvalue weighted by atomic mass is 32.2. The number of amides is 1. The third-order valence-electron chi connectivity index (χ3n) is 5.90. The molecule has 5 nitrogen and oxygen atoms in total. The Morgan fingerprint density at radius 2 is 2.00 bits per heavy atom. The molecule has 3 aliphatic rings. The number of nitrogens with one attached hydrogen (secondary N) is 1. The van der Waals surface area contributed by atoms with Gasteiger partial charge in [-0.25, -0.2) is 0 Å². The summed E-state index contributed by atoms with van der Waals surface area (Å²) in [6.07, 6.45) is 4.95. The van der Waals surface area contributed by atoms with Gasteiger partial charge < -0.3 is 9.69 Å². The van der Waals surface area contributed by atoms with E-state index in [0.29, 0.717) is 12.4 Å². The predicted octanol–water partition coefficient (Wildman–Crippen LogP) is 1.58. The molecular weight excluding hydrogens is 348 g/mol. The molecule has 26 heavy (non-hydrogen) atoms. The fourth-order valence-corrected chi connectivity index (χ4v) is 5.64. The minimum absolute atomic E-state index is 0.0328. The van der Waals surface area contributed by atoms with Gasteiger partial charge in [0.2, 0.25) is 5.91 Å². The molecule has 0 aromatic heterocycles. The molecule has 1 amide bonds. The number of aryl methyl sites for hydroxylation is 1. The van der Waals surface area contributed by atoms with Crippen LogP contribution in [-0.2, 0) is 27.2 Å². The number of Topliss-reactive ketones (excluding diaryl/α,β-unsaturated/α-hetero) is 1. The Bertz CT molecular complexity index is 723. The van der Waals surface area contributed by atoms with Crippen LogP contribution in [0.25, 0.3) is 0 Å². The summed E-state index contributed by atoms with van der Waals surface area (Å²) >= 11 is 1.48. The summed E-state index contributed by atoms with van der Waals surface area (Å²) in [4.78, 5) is 39.2. The van der Waals surface area contributed by atoms with Gasteiger partial charge in [-0.2, -0.15) is 0 Å². The largest absolute Gasteiger partial charge is 0.332 e. The van der Waals surface area contributed by atoms with E-state index in [4.69, 9.17) is 0 Å². The second-order valence-electron chi connectivity index (χ2n) is 7.40. The average molecular weight is 372 g/mol. The highest BCUT2D eigenvalue weighted by Gasteiger charge is 2.43. The topological polar surface area (TPSA) is 66.5 Å². The van der Waals surface area contributed by atoms with Crippen LogP contribution < -0.4 is 5.32 Å². The van der Waals surface area contributed by atoms with Crippen LogP contribution in [0.5, 0.6) is 0 Å². The number of carbonyl (C=O) groups excluding carboxylic acids is 3. The summed E-state index contributed by atoms with van der Waals surface area (Å²) in [5, 5.41) is 2.69. The number of fused-ring (bicyclic) bond motifs is 1. The lowest BCUT2D eigenvalue weighted by atomic mass is 9.83. The van der Waals surface area contributed by atoms with E-state index >= 15 is 0 Å². The number of nitrogens with zero attached hydrogens (tertiary/aromatic N) is 1. The molecule has 4 atom stereocenters. The smallest absolute Gasteiger partial charge is 0.226 e. The second-order valence-corrected chi connectivity index (χ2v) is 8.53. The molecule has 2 heterocycles. The third kappa shape index (κ3) is 3.21. The van der Waals surface area contributed by atoms with Crippen LogP contribution in [0.2, 0.25) is 0 Å². The van der Waals surface area contributed by atoms with Crippen molar-refractivity contribution < 1.29 is 14.4 Å². The van der Waals surface area contributed by atoms with Gasteiger partial charge in [0, 0.05) is 18.3 Å². The lowest BCUT2D eigenvalue weighted by Gasteiger charge is -2.32. The molecule has 1 N–H and O–H groups in total. The number of rotatable bonds is 4. The average Bonchev–Trinajstić information content (AvgIpc) is 3.35. The van der Waals surface area contributed by atoms with Crippen molar-refractivity contribution >= 4 is 29.7 Å². The number of carbonyl (C=O) groups is 3. The fraction of sp³-hybridized carbons (Fsp3) is 0.550. The molecule has 0 radical (unpaired) electrons. The van der Waals surface area contributed by atoms with E-state index in [2.05, 4.69) is 17.4 Å². The van der Waals surface area contributed by atoms with E-state index in [0.717, 1.165) is 38.4 Å². The standard InChI is InChI=1S/C20H24N2O3S/c23-11-16-19(26-12-21-16)18(24)17-6-3-9-22(17)20(25)15-8-7-13-4-1-2-5-14(13)10-15/h1-2,4-5,11,15-17,19,21H,3,6-10,12H2/t15?,16-,17+,19?/m1/s1. The van der Waals surface area contributed by atoms with Crippen molar-refractivity contribution in [3.05, 3.63) is 35.4 Å². The van der Waals surface area contributed by atoms with Gasteiger partial charge in [-0.1, -0.05) is 24.3 Å². The zero-order valence-electron chi connectivity index (χ0n) is 14.7. The monoisotopic (exact) mass is 372 g/mol. The first-order chi connectivity index (χ1) is 12.7. The first-order valence-electron chi connectivity index (χ1n) is 9.40. The quantitative estimate of drug-likeness (QED) is 0.813. The molecular formula is C20H24N2O3S. The van der Waals surface area contributed by atoms with Gasteiger partial charge in [0.05, 0.1) is 17.3 Å². The SMILES string of the molecule is O=C[C@H]1NCSC1C(=O)[C@@H]1CCCN1C(=O)C1CCc2ccccc2C1. The van der Waals surface area contributed by atoms with Crippen LogP contribution in [0.3, 0.4) is 0 Å². The van der Waals surface area contributed by atoms with Gasteiger partial charge in [-0.15, -0.1) is 11.8 Å². The van der Waals surface area contributed by atoms with E-state index < -0.39 is 6.04 Å². The van der Waals surface area contributed by atoms with Crippen molar-refractivity contribution in [2.45, 2.75) is 49.4 Å². The normalized spacial score (nSPS) is 30.8. The molecule has 0 saturated carbocycles. The van der Waals surface area contributed by atoms with E-state index in [9.17, 15) is 14.4 Å². The minimum atomic E-state index is -0.424. The Morgan fingerprint density at radius 3 is 2.81 bits per heavy atom. The van der Waals surface area contributed by atoms with Crippen molar-refractivity contribution in [1.29, 1.82) is 0 Å². The van der Waals surface area contributed by atoms with E-state index in [-0.39, 0.29) is 28.9 Å². The van der Waals surface area contributed by atoms with Gasteiger partial charge in [0.1, 0.15) is 6.29 Å². The predicted molar refractivity (Wildman–Crippen MR) is 101 cm³/mol.